The predicted molar refractivity (Wildman–Crippen MR) is 75.2 cm³/mol. The fourth-order valence-corrected chi connectivity index (χ4v) is 0.630. The van der Waals surface area contributed by atoms with Crippen LogP contribution in [0.4, 0.5) is 0 Å². The van der Waals surface area contributed by atoms with Gasteiger partial charge in [0.2, 0.25) is 0 Å². The Morgan fingerprint density at radius 3 is 1.90 bits per heavy atom. The van der Waals surface area contributed by atoms with Gasteiger partial charge in [-0.15, -0.1) is 0 Å². The molecule has 1 aliphatic heterocycles. The molecule has 6 nitrogen and oxygen atoms in total. The van der Waals surface area contributed by atoms with Crippen molar-refractivity contribution >= 4 is 11.9 Å². The van der Waals surface area contributed by atoms with Gasteiger partial charge in [0.15, 0.2) is 0 Å². The molecule has 1 rings (SSSR count). The summed E-state index contributed by atoms with van der Waals surface area (Å²) >= 11 is 0. The van der Waals surface area contributed by atoms with Gasteiger partial charge in [0.1, 0.15) is 12.7 Å². The monoisotopic (exact) mass is 286 g/mol. The highest BCUT2D eigenvalue weighted by Gasteiger charge is 2.24. The van der Waals surface area contributed by atoms with Gasteiger partial charge < -0.3 is 19.3 Å². The van der Waals surface area contributed by atoms with Crippen LogP contribution in [-0.2, 0) is 23.8 Å². The van der Waals surface area contributed by atoms with Crippen molar-refractivity contribution < 1.29 is 28.9 Å². The lowest BCUT2D eigenvalue weighted by molar-refractivity contribution is -0.139. The average Bonchev–Trinajstić information content (AvgIpc) is 3.20. The minimum atomic E-state index is -0.347. The molecular weight excluding hydrogens is 264 g/mol. The normalized spacial score (nSPS) is 14.2. The van der Waals surface area contributed by atoms with E-state index in [0.29, 0.717) is 24.4 Å². The first kappa shape index (κ1) is 20.2. The molecule has 0 bridgehead atoms. The third-order valence-electron chi connectivity index (χ3n) is 1.69. The number of ether oxygens (including phenoxy) is 3. The number of esters is 2. The van der Waals surface area contributed by atoms with Gasteiger partial charge in [0.25, 0.3) is 0 Å². The van der Waals surface area contributed by atoms with E-state index in [9.17, 15) is 9.59 Å². The van der Waals surface area contributed by atoms with E-state index >= 15 is 0 Å². The molecule has 0 aromatic heterocycles. The second-order valence-corrected chi connectivity index (χ2v) is 3.79. The number of rotatable bonds is 4. The van der Waals surface area contributed by atoms with E-state index in [1.54, 1.807) is 13.8 Å². The number of epoxide rings is 1. The smallest absolute Gasteiger partial charge is 0.333 e. The van der Waals surface area contributed by atoms with Crippen LogP contribution in [0.5, 0.6) is 0 Å². The predicted octanol–water partition coefficient (Wildman–Crippen LogP) is 1.93. The molecular formula is C14H22O6. The molecule has 1 heterocycles. The Morgan fingerprint density at radius 2 is 1.70 bits per heavy atom. The number of methoxy groups -OCH3 is 1. The van der Waals surface area contributed by atoms with Crippen molar-refractivity contribution in [3.63, 3.8) is 0 Å². The van der Waals surface area contributed by atoms with Crippen molar-refractivity contribution in [1.29, 1.82) is 0 Å². The molecule has 1 N–H and O–H groups in total. The number of hydrogen-bond donors (Lipinski definition) is 1. The Hall–Kier alpha value is -2.08. The molecule has 1 atom stereocenters. The molecule has 0 aliphatic carbocycles. The number of aliphatic hydroxyl groups excluding tert-OH is 1. The summed E-state index contributed by atoms with van der Waals surface area (Å²) in [6, 6.07) is 0. The van der Waals surface area contributed by atoms with Gasteiger partial charge in [0.05, 0.1) is 20.0 Å². The van der Waals surface area contributed by atoms with Gasteiger partial charge >= 0.3 is 11.9 Å². The maximum atomic E-state index is 10.7. The molecule has 1 unspecified atom stereocenters. The van der Waals surface area contributed by atoms with Crippen molar-refractivity contribution in [2.75, 3.05) is 20.3 Å². The summed E-state index contributed by atoms with van der Waals surface area (Å²) in [7, 11) is 1.33. The molecule has 1 fully saturated rings. The molecule has 114 valence electrons. The average molecular weight is 286 g/mol. The fraction of sp³-hybridized carbons (Fsp3) is 0.429. The first-order valence-electron chi connectivity index (χ1n) is 5.73. The quantitative estimate of drug-likeness (QED) is 0.368. The molecule has 0 amide bonds. The lowest BCUT2D eigenvalue weighted by Crippen LogP contribution is -2.09. The molecule has 0 radical (unpaired) electrons. The van der Waals surface area contributed by atoms with E-state index in [-0.39, 0.29) is 18.0 Å². The van der Waals surface area contributed by atoms with Gasteiger partial charge in [-0.3, -0.25) is 0 Å². The molecule has 0 aromatic rings. The van der Waals surface area contributed by atoms with Crippen LogP contribution in [0.2, 0.25) is 0 Å². The summed E-state index contributed by atoms with van der Waals surface area (Å²) in [5.41, 5.74) is 0.864. The Morgan fingerprint density at radius 1 is 1.30 bits per heavy atom. The van der Waals surface area contributed by atoms with E-state index in [2.05, 4.69) is 24.5 Å². The SMILES string of the molecule is C=C(C)C(=O)OC.C=C(C)C(=O)OCC1CO1.C=CO. The van der Waals surface area contributed by atoms with Gasteiger partial charge in [0, 0.05) is 11.1 Å². The minimum Gasteiger partial charge on any atom is -0.516 e. The molecule has 0 spiro atoms. The standard InChI is InChI=1S/C7H10O3.C5H8O2.C2H4O/c1-5(2)7(8)10-4-6-3-9-6;1-4(2)5(6)7-3;1-2-3/h6H,1,3-4H2,2H3;1H2,2-3H3;2-3H,1H2. The van der Waals surface area contributed by atoms with E-state index in [1.807, 2.05) is 0 Å². The summed E-state index contributed by atoms with van der Waals surface area (Å²) in [6.45, 7) is 14.0. The van der Waals surface area contributed by atoms with Crippen LogP contribution in [0.25, 0.3) is 0 Å². The van der Waals surface area contributed by atoms with Gasteiger partial charge in [-0.05, 0) is 13.8 Å². The molecule has 1 aliphatic rings. The Kier molecular flexibility index (Phi) is 12.1. The van der Waals surface area contributed by atoms with Crippen LogP contribution in [-0.4, -0.2) is 43.5 Å². The Labute approximate surface area is 119 Å². The maximum absolute atomic E-state index is 10.7. The number of carbonyl (C=O) groups is 2. The van der Waals surface area contributed by atoms with Crippen LogP contribution >= 0.6 is 0 Å². The van der Waals surface area contributed by atoms with Crippen LogP contribution in [0.15, 0.2) is 37.1 Å². The Balaban J connectivity index is 0. The van der Waals surface area contributed by atoms with E-state index in [1.165, 1.54) is 7.11 Å². The first-order chi connectivity index (χ1) is 9.29. The highest BCUT2D eigenvalue weighted by atomic mass is 16.6. The van der Waals surface area contributed by atoms with Crippen molar-refractivity contribution in [2.45, 2.75) is 20.0 Å². The molecule has 6 heteroatoms. The topological polar surface area (TPSA) is 85.4 Å². The maximum Gasteiger partial charge on any atom is 0.333 e. The van der Waals surface area contributed by atoms with Crippen LogP contribution in [0.3, 0.4) is 0 Å². The summed E-state index contributed by atoms with van der Waals surface area (Å²) < 4.78 is 13.9. The molecule has 0 saturated carbocycles. The second-order valence-electron chi connectivity index (χ2n) is 3.79. The summed E-state index contributed by atoms with van der Waals surface area (Å²) in [4.78, 5) is 20.9. The zero-order valence-electron chi connectivity index (χ0n) is 12.2. The van der Waals surface area contributed by atoms with E-state index < -0.39 is 0 Å². The Bertz CT molecular complexity index is 355. The third-order valence-corrected chi connectivity index (χ3v) is 1.69. The second kappa shape index (κ2) is 12.0. The zero-order chi connectivity index (χ0) is 16.1. The van der Waals surface area contributed by atoms with Gasteiger partial charge in [-0.25, -0.2) is 9.59 Å². The van der Waals surface area contributed by atoms with Crippen LogP contribution in [0.1, 0.15) is 13.8 Å². The number of aliphatic hydroxyl groups is 1. The van der Waals surface area contributed by atoms with E-state index in [4.69, 9.17) is 14.6 Å². The van der Waals surface area contributed by atoms with Crippen LogP contribution in [0, 0.1) is 0 Å². The third kappa shape index (κ3) is 14.0. The van der Waals surface area contributed by atoms with Crippen LogP contribution < -0.4 is 0 Å². The summed E-state index contributed by atoms with van der Waals surface area (Å²) in [6.07, 6.45) is 0.892. The summed E-state index contributed by atoms with van der Waals surface area (Å²) in [5, 5.41) is 7.33. The first-order valence-corrected chi connectivity index (χ1v) is 5.73. The lowest BCUT2D eigenvalue weighted by atomic mass is 10.4. The zero-order valence-corrected chi connectivity index (χ0v) is 12.2. The molecule has 1 saturated heterocycles. The molecule has 0 aromatic carbocycles. The van der Waals surface area contributed by atoms with Crippen molar-refractivity contribution in [1.82, 2.24) is 0 Å². The van der Waals surface area contributed by atoms with Crippen molar-refractivity contribution in [2.24, 2.45) is 0 Å². The van der Waals surface area contributed by atoms with Gasteiger partial charge in [-0.1, -0.05) is 19.7 Å². The van der Waals surface area contributed by atoms with Gasteiger partial charge in [-0.2, -0.15) is 0 Å². The largest absolute Gasteiger partial charge is 0.516 e. The lowest BCUT2D eigenvalue weighted by Gasteiger charge is -1.99. The van der Waals surface area contributed by atoms with Crippen molar-refractivity contribution in [3.05, 3.63) is 37.1 Å². The molecule has 20 heavy (non-hydrogen) atoms. The highest BCUT2D eigenvalue weighted by Crippen LogP contribution is 2.09. The number of carbonyl (C=O) groups excluding carboxylic acids is 2. The fourth-order valence-electron chi connectivity index (χ4n) is 0.630. The highest BCUT2D eigenvalue weighted by molar-refractivity contribution is 5.87. The van der Waals surface area contributed by atoms with E-state index in [0.717, 1.165) is 6.26 Å². The minimum absolute atomic E-state index is 0.142. The number of hydrogen-bond acceptors (Lipinski definition) is 6. The van der Waals surface area contributed by atoms with Crippen molar-refractivity contribution in [3.8, 4) is 0 Å². The summed E-state index contributed by atoms with van der Waals surface area (Å²) in [5.74, 6) is -0.685.